The summed E-state index contributed by atoms with van der Waals surface area (Å²) in [5, 5.41) is 4.14. The molecule has 17 heavy (non-hydrogen) atoms. The molecule has 90 valence electrons. The third kappa shape index (κ3) is 2.76. The van der Waals surface area contributed by atoms with Gasteiger partial charge in [-0.2, -0.15) is 5.10 Å². The number of rotatable bonds is 3. The fourth-order valence-corrected chi connectivity index (χ4v) is 1.72. The van der Waals surface area contributed by atoms with Crippen LogP contribution in [0.2, 0.25) is 0 Å². The summed E-state index contributed by atoms with van der Waals surface area (Å²) in [6, 6.07) is 4.55. The Morgan fingerprint density at radius 3 is 2.94 bits per heavy atom. The summed E-state index contributed by atoms with van der Waals surface area (Å²) in [4.78, 5) is 0. The van der Waals surface area contributed by atoms with Crippen LogP contribution in [-0.2, 0) is 13.7 Å². The summed E-state index contributed by atoms with van der Waals surface area (Å²) in [6.45, 7) is 0.256. The van der Waals surface area contributed by atoms with Crippen molar-refractivity contribution in [3.63, 3.8) is 0 Å². The highest BCUT2D eigenvalue weighted by molar-refractivity contribution is 9.10. The largest absolute Gasteiger partial charge is 0.485 e. The molecule has 0 unspecified atom stereocenters. The lowest BCUT2D eigenvalue weighted by Crippen LogP contribution is -2.01. The summed E-state index contributed by atoms with van der Waals surface area (Å²) < 4.78 is 20.7. The van der Waals surface area contributed by atoms with Crippen LogP contribution in [0.1, 0.15) is 5.69 Å². The Hall–Kier alpha value is -1.56. The van der Waals surface area contributed by atoms with Crippen molar-refractivity contribution < 1.29 is 9.13 Å². The Morgan fingerprint density at radius 2 is 2.29 bits per heavy atom. The lowest BCUT2D eigenvalue weighted by atomic mass is 10.3. The first-order valence-electron chi connectivity index (χ1n) is 4.92. The van der Waals surface area contributed by atoms with E-state index >= 15 is 0 Å². The average molecular weight is 300 g/mol. The Bertz CT molecular complexity index is 542. The number of nitrogen functional groups attached to an aromatic ring is 1. The molecular weight excluding hydrogens is 289 g/mol. The van der Waals surface area contributed by atoms with Gasteiger partial charge in [-0.15, -0.1) is 0 Å². The van der Waals surface area contributed by atoms with Crippen molar-refractivity contribution in [2.45, 2.75) is 6.61 Å². The van der Waals surface area contributed by atoms with Crippen LogP contribution in [0.25, 0.3) is 0 Å². The molecule has 1 aromatic carbocycles. The van der Waals surface area contributed by atoms with Gasteiger partial charge in [0.1, 0.15) is 18.2 Å². The van der Waals surface area contributed by atoms with E-state index in [0.717, 1.165) is 5.69 Å². The second-order valence-electron chi connectivity index (χ2n) is 3.57. The van der Waals surface area contributed by atoms with Gasteiger partial charge in [0.15, 0.2) is 0 Å². The molecular formula is C11H11BrFN3O. The Morgan fingerprint density at radius 1 is 1.53 bits per heavy atom. The van der Waals surface area contributed by atoms with Gasteiger partial charge in [-0.05, 0) is 28.1 Å². The predicted molar refractivity (Wildman–Crippen MR) is 66.1 cm³/mol. The first-order valence-corrected chi connectivity index (χ1v) is 5.71. The number of aromatic nitrogens is 2. The van der Waals surface area contributed by atoms with E-state index in [2.05, 4.69) is 21.0 Å². The van der Waals surface area contributed by atoms with Crippen LogP contribution in [0.4, 0.5) is 10.1 Å². The zero-order valence-electron chi connectivity index (χ0n) is 9.15. The third-order valence-electron chi connectivity index (χ3n) is 2.20. The van der Waals surface area contributed by atoms with Crippen LogP contribution < -0.4 is 10.5 Å². The monoisotopic (exact) mass is 299 g/mol. The van der Waals surface area contributed by atoms with Gasteiger partial charge in [0, 0.05) is 19.3 Å². The van der Waals surface area contributed by atoms with Gasteiger partial charge < -0.3 is 10.5 Å². The zero-order valence-corrected chi connectivity index (χ0v) is 10.7. The number of ether oxygens (including phenoxy) is 1. The molecule has 0 saturated carbocycles. The van der Waals surface area contributed by atoms with Gasteiger partial charge in [-0.3, -0.25) is 4.68 Å². The maximum Gasteiger partial charge on any atom is 0.145 e. The molecule has 0 radical (unpaired) electrons. The van der Waals surface area contributed by atoms with Gasteiger partial charge >= 0.3 is 0 Å². The average Bonchev–Trinajstić information content (AvgIpc) is 2.68. The standard InChI is InChI=1S/C11H11BrFN3O/c1-16-3-2-7(15-16)6-17-11-5-9(13)8(12)4-10(11)14/h2-5H,6,14H2,1H3. The zero-order chi connectivity index (χ0) is 12.4. The van der Waals surface area contributed by atoms with E-state index in [-0.39, 0.29) is 6.61 Å². The quantitative estimate of drug-likeness (QED) is 0.886. The number of nitrogens with zero attached hydrogens (tertiary/aromatic N) is 2. The topological polar surface area (TPSA) is 53.1 Å². The highest BCUT2D eigenvalue weighted by Gasteiger charge is 2.08. The molecule has 0 aliphatic heterocycles. The normalized spacial score (nSPS) is 10.5. The molecule has 0 aliphatic rings. The molecule has 2 N–H and O–H groups in total. The molecule has 1 aromatic heterocycles. The summed E-state index contributed by atoms with van der Waals surface area (Å²) in [5.74, 6) is -0.0911. The lowest BCUT2D eigenvalue weighted by molar-refractivity contribution is 0.300. The van der Waals surface area contributed by atoms with E-state index in [4.69, 9.17) is 10.5 Å². The van der Waals surface area contributed by atoms with Crippen LogP contribution in [0.3, 0.4) is 0 Å². The van der Waals surface area contributed by atoms with E-state index < -0.39 is 5.82 Å². The van der Waals surface area contributed by atoms with Crippen molar-refractivity contribution in [1.82, 2.24) is 9.78 Å². The van der Waals surface area contributed by atoms with Crippen molar-refractivity contribution in [3.05, 3.63) is 40.4 Å². The minimum absolute atomic E-state index is 0.256. The molecule has 0 atom stereocenters. The van der Waals surface area contributed by atoms with Gasteiger partial charge in [0.25, 0.3) is 0 Å². The summed E-state index contributed by atoms with van der Waals surface area (Å²) in [5.41, 5.74) is 6.86. The first kappa shape index (κ1) is 11.9. The highest BCUT2D eigenvalue weighted by Crippen LogP contribution is 2.28. The predicted octanol–water partition coefficient (Wildman–Crippen LogP) is 2.48. The van der Waals surface area contributed by atoms with E-state index in [9.17, 15) is 4.39 Å². The lowest BCUT2D eigenvalue weighted by Gasteiger charge is -2.08. The third-order valence-corrected chi connectivity index (χ3v) is 2.80. The maximum absolute atomic E-state index is 13.3. The summed E-state index contributed by atoms with van der Waals surface area (Å²) >= 11 is 3.05. The van der Waals surface area contributed by atoms with Gasteiger partial charge in [0.05, 0.1) is 15.9 Å². The van der Waals surface area contributed by atoms with Crippen LogP contribution in [0, 0.1) is 5.82 Å². The van der Waals surface area contributed by atoms with Crippen molar-refractivity contribution in [1.29, 1.82) is 0 Å². The second-order valence-corrected chi connectivity index (χ2v) is 4.43. The van der Waals surface area contributed by atoms with Crippen molar-refractivity contribution in [2.75, 3.05) is 5.73 Å². The number of anilines is 1. The van der Waals surface area contributed by atoms with E-state index in [0.29, 0.717) is 15.9 Å². The van der Waals surface area contributed by atoms with Crippen LogP contribution in [-0.4, -0.2) is 9.78 Å². The Balaban J connectivity index is 2.11. The van der Waals surface area contributed by atoms with E-state index in [1.807, 2.05) is 19.3 Å². The number of nitrogens with two attached hydrogens (primary N) is 1. The second kappa shape index (κ2) is 4.75. The van der Waals surface area contributed by atoms with Gasteiger partial charge in [-0.25, -0.2) is 4.39 Å². The molecule has 6 heteroatoms. The minimum atomic E-state index is -0.407. The van der Waals surface area contributed by atoms with Crippen molar-refractivity contribution >= 4 is 21.6 Å². The maximum atomic E-state index is 13.3. The SMILES string of the molecule is Cn1ccc(COc2cc(F)c(Br)cc2N)n1. The highest BCUT2D eigenvalue weighted by atomic mass is 79.9. The molecule has 0 saturated heterocycles. The number of halogens is 2. The molecule has 0 fully saturated rings. The van der Waals surface area contributed by atoms with Crippen molar-refractivity contribution in [3.8, 4) is 5.75 Å². The Kier molecular flexibility index (Phi) is 3.33. The molecule has 1 heterocycles. The molecule has 0 spiro atoms. The minimum Gasteiger partial charge on any atom is -0.485 e. The van der Waals surface area contributed by atoms with E-state index in [1.54, 1.807) is 4.68 Å². The fraction of sp³-hybridized carbons (Fsp3) is 0.182. The van der Waals surface area contributed by atoms with E-state index in [1.165, 1.54) is 12.1 Å². The van der Waals surface area contributed by atoms with Crippen LogP contribution in [0.15, 0.2) is 28.9 Å². The first-order chi connectivity index (χ1) is 8.06. The molecule has 0 bridgehead atoms. The summed E-state index contributed by atoms with van der Waals surface area (Å²) in [7, 11) is 1.82. The number of benzene rings is 1. The molecule has 2 aromatic rings. The Labute approximate surface area is 106 Å². The summed E-state index contributed by atoms with van der Waals surface area (Å²) in [6.07, 6.45) is 1.81. The molecule has 4 nitrogen and oxygen atoms in total. The van der Waals surface area contributed by atoms with Gasteiger partial charge in [0.2, 0.25) is 0 Å². The smallest absolute Gasteiger partial charge is 0.145 e. The van der Waals surface area contributed by atoms with Gasteiger partial charge in [-0.1, -0.05) is 0 Å². The molecule has 0 aliphatic carbocycles. The van der Waals surface area contributed by atoms with Crippen molar-refractivity contribution in [2.24, 2.45) is 7.05 Å². The number of aryl methyl sites for hydroxylation is 1. The molecule has 0 amide bonds. The number of hydrogen-bond acceptors (Lipinski definition) is 3. The van der Waals surface area contributed by atoms with Crippen LogP contribution in [0.5, 0.6) is 5.75 Å². The number of hydrogen-bond donors (Lipinski definition) is 1. The van der Waals surface area contributed by atoms with Crippen LogP contribution >= 0.6 is 15.9 Å². The molecule has 2 rings (SSSR count). The fourth-order valence-electron chi connectivity index (χ4n) is 1.36.